The number of thiocarbonyl (C=S) groups is 1. The van der Waals surface area contributed by atoms with Crippen LogP contribution in [0.15, 0.2) is 48.5 Å². The Bertz CT molecular complexity index is 714. The maximum atomic E-state index is 12.0. The molecule has 0 heterocycles. The Labute approximate surface area is 125 Å². The Balaban J connectivity index is 2.16. The first kappa shape index (κ1) is 14.6. The largest absolute Gasteiger partial charge is 0.389 e. The molecule has 21 heavy (non-hydrogen) atoms. The predicted octanol–water partition coefficient (Wildman–Crippen LogP) is 2.48. The van der Waals surface area contributed by atoms with Crippen molar-refractivity contribution in [2.75, 3.05) is 5.32 Å². The first-order valence-corrected chi connectivity index (χ1v) is 6.34. The van der Waals surface area contributed by atoms with E-state index in [0.717, 1.165) is 0 Å². The van der Waals surface area contributed by atoms with Gasteiger partial charge in [-0.05, 0) is 18.2 Å². The molecule has 1 amide bonds. The molecule has 2 aromatic rings. The summed E-state index contributed by atoms with van der Waals surface area (Å²) in [5.74, 6) is -0.370. The molecule has 2 rings (SSSR count). The minimum absolute atomic E-state index is 0.0865. The molecule has 6 nitrogen and oxygen atoms in total. The van der Waals surface area contributed by atoms with Crippen molar-refractivity contribution in [2.45, 2.75) is 0 Å². The topological polar surface area (TPSA) is 98.3 Å². The van der Waals surface area contributed by atoms with E-state index in [1.807, 2.05) is 0 Å². The van der Waals surface area contributed by atoms with Crippen molar-refractivity contribution >= 4 is 34.5 Å². The highest BCUT2D eigenvalue weighted by Crippen LogP contribution is 2.18. The number of nitrogens with zero attached hydrogens (tertiary/aromatic N) is 1. The zero-order valence-electron chi connectivity index (χ0n) is 10.8. The fourth-order valence-corrected chi connectivity index (χ4v) is 1.82. The lowest BCUT2D eigenvalue weighted by Gasteiger charge is -2.06. The fraction of sp³-hybridized carbons (Fsp3) is 0. The molecule has 0 unspecified atom stereocenters. The zero-order valence-corrected chi connectivity index (χ0v) is 11.6. The first-order valence-electron chi connectivity index (χ1n) is 5.93. The Kier molecular flexibility index (Phi) is 4.24. The maximum absolute atomic E-state index is 12.0. The number of hydrogen-bond acceptors (Lipinski definition) is 4. The molecule has 2 aromatic carbocycles. The van der Waals surface area contributed by atoms with Gasteiger partial charge in [0.1, 0.15) is 4.99 Å². The number of rotatable bonds is 4. The number of carbonyl (C=O) groups is 1. The third-order valence-corrected chi connectivity index (χ3v) is 2.98. The summed E-state index contributed by atoms with van der Waals surface area (Å²) in [6.45, 7) is 0. The molecular weight excluding hydrogens is 290 g/mol. The minimum Gasteiger partial charge on any atom is -0.389 e. The van der Waals surface area contributed by atoms with Crippen molar-refractivity contribution in [3.8, 4) is 0 Å². The standard InChI is InChI=1S/C14H11N3O3S/c15-13(21)9-4-6-10(7-5-9)14(18)16-11-2-1-3-12(8-11)17(19)20/h1-8H,(H2,15,21)(H,16,18). The van der Waals surface area contributed by atoms with Crippen LogP contribution < -0.4 is 11.1 Å². The van der Waals surface area contributed by atoms with Crippen LogP contribution in [0.3, 0.4) is 0 Å². The molecular formula is C14H11N3O3S. The molecule has 0 fully saturated rings. The highest BCUT2D eigenvalue weighted by molar-refractivity contribution is 7.80. The second kappa shape index (κ2) is 6.10. The summed E-state index contributed by atoms with van der Waals surface area (Å²) in [5, 5.41) is 13.3. The van der Waals surface area contributed by atoms with Gasteiger partial charge in [-0.15, -0.1) is 0 Å². The lowest BCUT2D eigenvalue weighted by molar-refractivity contribution is -0.384. The molecule has 0 aliphatic rings. The van der Waals surface area contributed by atoms with E-state index in [2.05, 4.69) is 5.32 Å². The van der Waals surface area contributed by atoms with Crippen molar-refractivity contribution in [3.63, 3.8) is 0 Å². The average molecular weight is 301 g/mol. The second-order valence-corrected chi connectivity index (χ2v) is 4.64. The molecule has 0 bridgehead atoms. The number of nitrogens with two attached hydrogens (primary N) is 1. The van der Waals surface area contributed by atoms with Gasteiger partial charge in [0.2, 0.25) is 0 Å². The molecule has 106 valence electrons. The lowest BCUT2D eigenvalue weighted by Crippen LogP contribution is -2.13. The summed E-state index contributed by atoms with van der Waals surface area (Å²) in [7, 11) is 0. The van der Waals surface area contributed by atoms with Gasteiger partial charge in [0, 0.05) is 28.9 Å². The maximum Gasteiger partial charge on any atom is 0.271 e. The van der Waals surface area contributed by atoms with Crippen molar-refractivity contribution in [1.29, 1.82) is 0 Å². The molecule has 0 radical (unpaired) electrons. The van der Waals surface area contributed by atoms with E-state index in [0.29, 0.717) is 16.8 Å². The monoisotopic (exact) mass is 301 g/mol. The first-order chi connectivity index (χ1) is 9.97. The van der Waals surface area contributed by atoms with Gasteiger partial charge in [0.25, 0.3) is 11.6 Å². The van der Waals surface area contributed by atoms with Crippen molar-refractivity contribution < 1.29 is 9.72 Å². The van der Waals surface area contributed by atoms with Gasteiger partial charge in [-0.25, -0.2) is 0 Å². The van der Waals surface area contributed by atoms with E-state index in [9.17, 15) is 14.9 Å². The smallest absolute Gasteiger partial charge is 0.271 e. The molecule has 0 saturated heterocycles. The molecule has 0 aromatic heterocycles. The van der Waals surface area contributed by atoms with Crippen molar-refractivity contribution in [3.05, 3.63) is 69.8 Å². The summed E-state index contributed by atoms with van der Waals surface area (Å²) in [5.41, 5.74) is 6.81. The lowest BCUT2D eigenvalue weighted by atomic mass is 10.1. The van der Waals surface area contributed by atoms with Gasteiger partial charge >= 0.3 is 0 Å². The average Bonchev–Trinajstić information content (AvgIpc) is 2.47. The fourth-order valence-electron chi connectivity index (χ4n) is 1.69. The van der Waals surface area contributed by atoms with Crippen LogP contribution in [0.4, 0.5) is 11.4 Å². The number of nitro groups is 1. The van der Waals surface area contributed by atoms with Gasteiger partial charge in [-0.2, -0.15) is 0 Å². The number of hydrogen-bond donors (Lipinski definition) is 2. The summed E-state index contributed by atoms with van der Waals surface area (Å²) >= 11 is 4.83. The number of nitrogens with one attached hydrogen (secondary N) is 1. The number of amides is 1. The number of non-ortho nitro benzene ring substituents is 1. The third kappa shape index (κ3) is 3.61. The molecule has 0 atom stereocenters. The van der Waals surface area contributed by atoms with Gasteiger partial charge in [0.15, 0.2) is 0 Å². The van der Waals surface area contributed by atoms with Crippen LogP contribution in [0, 0.1) is 10.1 Å². The van der Waals surface area contributed by atoms with Crippen LogP contribution in [0.1, 0.15) is 15.9 Å². The van der Waals surface area contributed by atoms with Gasteiger partial charge in [-0.3, -0.25) is 14.9 Å². The van der Waals surface area contributed by atoms with E-state index in [1.165, 1.54) is 18.2 Å². The normalized spacial score (nSPS) is 9.90. The molecule has 0 saturated carbocycles. The van der Waals surface area contributed by atoms with Crippen LogP contribution >= 0.6 is 12.2 Å². The van der Waals surface area contributed by atoms with Crippen molar-refractivity contribution in [1.82, 2.24) is 0 Å². The van der Waals surface area contributed by atoms with Crippen molar-refractivity contribution in [2.24, 2.45) is 5.73 Å². The van der Waals surface area contributed by atoms with E-state index in [4.69, 9.17) is 18.0 Å². The Hall–Kier alpha value is -2.80. The quantitative estimate of drug-likeness (QED) is 0.513. The zero-order chi connectivity index (χ0) is 15.4. The molecule has 7 heteroatoms. The molecule has 0 spiro atoms. The van der Waals surface area contributed by atoms with Gasteiger partial charge in [-0.1, -0.05) is 30.4 Å². The Morgan fingerprint density at radius 2 is 1.76 bits per heavy atom. The predicted molar refractivity (Wildman–Crippen MR) is 83.4 cm³/mol. The van der Waals surface area contributed by atoms with Crippen LogP contribution in [0.2, 0.25) is 0 Å². The van der Waals surface area contributed by atoms with Crippen LogP contribution in [0.25, 0.3) is 0 Å². The van der Waals surface area contributed by atoms with E-state index >= 15 is 0 Å². The summed E-state index contributed by atoms with van der Waals surface area (Å²) in [6, 6.07) is 12.2. The van der Waals surface area contributed by atoms with E-state index in [1.54, 1.807) is 30.3 Å². The second-order valence-electron chi connectivity index (χ2n) is 4.20. The highest BCUT2D eigenvalue weighted by atomic mass is 32.1. The third-order valence-electron chi connectivity index (χ3n) is 2.75. The number of benzene rings is 2. The van der Waals surface area contributed by atoms with Crippen LogP contribution in [-0.4, -0.2) is 15.8 Å². The van der Waals surface area contributed by atoms with Crippen LogP contribution in [0.5, 0.6) is 0 Å². The number of anilines is 1. The van der Waals surface area contributed by atoms with E-state index in [-0.39, 0.29) is 16.6 Å². The minimum atomic E-state index is -0.521. The summed E-state index contributed by atoms with van der Waals surface area (Å²) < 4.78 is 0. The summed E-state index contributed by atoms with van der Waals surface area (Å²) in [6.07, 6.45) is 0. The highest BCUT2D eigenvalue weighted by Gasteiger charge is 2.10. The Morgan fingerprint density at radius 3 is 2.33 bits per heavy atom. The molecule has 0 aliphatic heterocycles. The molecule has 0 aliphatic carbocycles. The van der Waals surface area contributed by atoms with Gasteiger partial charge < -0.3 is 11.1 Å². The van der Waals surface area contributed by atoms with E-state index < -0.39 is 4.92 Å². The molecule has 3 N–H and O–H groups in total. The number of nitro benzene ring substituents is 1. The summed E-state index contributed by atoms with van der Waals surface area (Å²) in [4.78, 5) is 22.4. The Morgan fingerprint density at radius 1 is 1.14 bits per heavy atom. The van der Waals surface area contributed by atoms with Gasteiger partial charge in [0.05, 0.1) is 4.92 Å². The SMILES string of the molecule is NC(=S)c1ccc(C(=O)Nc2cccc([N+](=O)[O-])c2)cc1. The van der Waals surface area contributed by atoms with Crippen LogP contribution in [-0.2, 0) is 0 Å². The number of carbonyl (C=O) groups excluding carboxylic acids is 1.